The van der Waals surface area contributed by atoms with Crippen molar-refractivity contribution in [1.82, 2.24) is 0 Å². The van der Waals surface area contributed by atoms with Crippen LogP contribution in [-0.2, 0) is 10.1 Å². The summed E-state index contributed by atoms with van der Waals surface area (Å²) in [6.45, 7) is 7.25. The first-order valence-electron chi connectivity index (χ1n) is 8.39. The Hall–Kier alpha value is -0.420. The molecule has 0 atom stereocenters. The first-order chi connectivity index (χ1) is 9.88. The molecule has 0 aromatic rings. The maximum absolute atomic E-state index is 9.08. The topological polar surface area (TPSA) is 60.2 Å². The van der Waals surface area contributed by atoms with Crippen LogP contribution in [0.25, 0.3) is 0 Å². The Morgan fingerprint density at radius 3 is 2.10 bits per heavy atom. The molecule has 1 heterocycles. The summed E-state index contributed by atoms with van der Waals surface area (Å²) in [4.78, 5) is 0. The molecule has 1 rings (SSSR count). The molecule has 0 saturated heterocycles. The quantitative estimate of drug-likeness (QED) is 0.371. The van der Waals surface area contributed by atoms with Crippen molar-refractivity contribution in [2.75, 3.05) is 19.3 Å². The van der Waals surface area contributed by atoms with Crippen LogP contribution in [0.5, 0.6) is 0 Å². The second-order valence-corrected chi connectivity index (χ2v) is 7.24. The fraction of sp³-hybridized carbons (Fsp3) is 0.938. The SMILES string of the molecule is CCCCCCCCC[N+]1=C(CC)CCC1.CS(=O)(=O)[O-]. The predicted molar refractivity (Wildman–Crippen MR) is 88.1 cm³/mol. The van der Waals surface area contributed by atoms with E-state index in [4.69, 9.17) is 13.0 Å². The second-order valence-electron chi connectivity index (χ2n) is 5.84. The summed E-state index contributed by atoms with van der Waals surface area (Å²) in [7, 11) is -3.92. The van der Waals surface area contributed by atoms with Gasteiger partial charge in [-0.05, 0) is 6.42 Å². The van der Waals surface area contributed by atoms with Crippen LogP contribution < -0.4 is 0 Å². The normalized spacial score (nSPS) is 15.0. The van der Waals surface area contributed by atoms with Gasteiger partial charge in [-0.3, -0.25) is 0 Å². The van der Waals surface area contributed by atoms with E-state index in [0.717, 1.165) is 0 Å². The average Bonchev–Trinajstić information content (AvgIpc) is 2.83. The van der Waals surface area contributed by atoms with Crippen LogP contribution in [0.2, 0.25) is 0 Å². The molecule has 0 bridgehead atoms. The van der Waals surface area contributed by atoms with E-state index in [1.54, 1.807) is 5.71 Å². The van der Waals surface area contributed by atoms with Gasteiger partial charge in [0.25, 0.3) is 0 Å². The van der Waals surface area contributed by atoms with Gasteiger partial charge in [-0.15, -0.1) is 0 Å². The van der Waals surface area contributed by atoms with E-state index in [9.17, 15) is 0 Å². The average molecular weight is 320 g/mol. The Bertz CT molecular complexity index is 380. The lowest BCUT2D eigenvalue weighted by molar-refractivity contribution is -0.521. The fourth-order valence-electron chi connectivity index (χ4n) is 2.72. The molecule has 0 aromatic carbocycles. The van der Waals surface area contributed by atoms with Crippen molar-refractivity contribution in [3.05, 3.63) is 0 Å². The van der Waals surface area contributed by atoms with Gasteiger partial charge in [0.15, 0.2) is 5.71 Å². The molecule has 0 saturated carbocycles. The number of nitrogens with zero attached hydrogens (tertiary/aromatic N) is 1. The largest absolute Gasteiger partial charge is 0.748 e. The third-order valence-corrected chi connectivity index (χ3v) is 3.78. The minimum absolute atomic E-state index is 0.604. The van der Waals surface area contributed by atoms with Gasteiger partial charge in [0.1, 0.15) is 13.1 Å². The number of hydrogen-bond donors (Lipinski definition) is 0. The predicted octanol–water partition coefficient (Wildman–Crippen LogP) is 3.56. The van der Waals surface area contributed by atoms with E-state index >= 15 is 0 Å². The standard InChI is InChI=1S/C15H30N.CH4O3S/c1-3-5-6-7-8-9-10-13-16-14-11-12-15(16)4-2;1-5(2,3)4/h3-14H2,1-2H3;1H3,(H,2,3,4)/q+1;/p-1. The first kappa shape index (κ1) is 20.6. The molecule has 0 aliphatic carbocycles. The maximum atomic E-state index is 9.08. The van der Waals surface area contributed by atoms with Crippen LogP contribution in [-0.4, -0.2) is 42.6 Å². The van der Waals surface area contributed by atoms with Crippen LogP contribution in [0.3, 0.4) is 0 Å². The van der Waals surface area contributed by atoms with Crippen molar-refractivity contribution in [3.8, 4) is 0 Å². The molecule has 4 nitrogen and oxygen atoms in total. The van der Waals surface area contributed by atoms with Crippen molar-refractivity contribution >= 4 is 15.8 Å². The van der Waals surface area contributed by atoms with E-state index in [0.29, 0.717) is 6.26 Å². The molecule has 5 heteroatoms. The minimum Gasteiger partial charge on any atom is -0.748 e. The van der Waals surface area contributed by atoms with Gasteiger partial charge < -0.3 is 4.55 Å². The van der Waals surface area contributed by atoms with Crippen LogP contribution in [0.15, 0.2) is 0 Å². The lowest BCUT2D eigenvalue weighted by atomic mass is 10.1. The van der Waals surface area contributed by atoms with Crippen molar-refractivity contribution in [1.29, 1.82) is 0 Å². The zero-order chi connectivity index (χ0) is 16.1. The van der Waals surface area contributed by atoms with Crippen LogP contribution >= 0.6 is 0 Å². The van der Waals surface area contributed by atoms with Gasteiger partial charge in [-0.25, -0.2) is 13.0 Å². The zero-order valence-electron chi connectivity index (χ0n) is 14.1. The number of hydrogen-bond acceptors (Lipinski definition) is 3. The molecular formula is C16H33NO3S. The molecule has 0 spiro atoms. The van der Waals surface area contributed by atoms with Gasteiger partial charge in [-0.2, -0.15) is 0 Å². The van der Waals surface area contributed by atoms with Gasteiger partial charge >= 0.3 is 0 Å². The monoisotopic (exact) mass is 319 g/mol. The van der Waals surface area contributed by atoms with Crippen molar-refractivity contribution in [2.45, 2.75) is 78.1 Å². The van der Waals surface area contributed by atoms with Crippen molar-refractivity contribution < 1.29 is 17.5 Å². The second kappa shape index (κ2) is 12.2. The van der Waals surface area contributed by atoms with E-state index < -0.39 is 10.1 Å². The lowest BCUT2D eigenvalue weighted by Gasteiger charge is -2.02. The summed E-state index contributed by atoms with van der Waals surface area (Å²) < 4.78 is 29.9. The Morgan fingerprint density at radius 2 is 1.57 bits per heavy atom. The minimum atomic E-state index is -3.92. The molecule has 126 valence electrons. The molecule has 21 heavy (non-hydrogen) atoms. The molecule has 0 N–H and O–H groups in total. The highest BCUT2D eigenvalue weighted by Crippen LogP contribution is 2.10. The van der Waals surface area contributed by atoms with Gasteiger partial charge in [0.05, 0.1) is 10.1 Å². The lowest BCUT2D eigenvalue weighted by Crippen LogP contribution is -2.16. The van der Waals surface area contributed by atoms with Crippen LogP contribution in [0.4, 0.5) is 0 Å². The number of unbranched alkanes of at least 4 members (excludes halogenated alkanes) is 6. The summed E-state index contributed by atoms with van der Waals surface area (Å²) in [6.07, 6.45) is 14.7. The third-order valence-electron chi connectivity index (χ3n) is 3.78. The Labute approximate surface area is 131 Å². The van der Waals surface area contributed by atoms with Gasteiger partial charge in [0.2, 0.25) is 0 Å². The summed E-state index contributed by atoms with van der Waals surface area (Å²) in [5, 5.41) is 0. The Morgan fingerprint density at radius 1 is 1.05 bits per heavy atom. The molecule has 0 unspecified atom stereocenters. The summed E-state index contributed by atoms with van der Waals surface area (Å²) in [5.74, 6) is 0. The summed E-state index contributed by atoms with van der Waals surface area (Å²) in [5.41, 5.74) is 1.71. The molecule has 1 aliphatic heterocycles. The first-order valence-corrected chi connectivity index (χ1v) is 10.2. The van der Waals surface area contributed by atoms with E-state index in [1.807, 2.05) is 0 Å². The van der Waals surface area contributed by atoms with E-state index in [-0.39, 0.29) is 0 Å². The van der Waals surface area contributed by atoms with Crippen molar-refractivity contribution in [3.63, 3.8) is 0 Å². The van der Waals surface area contributed by atoms with Crippen molar-refractivity contribution in [2.24, 2.45) is 0 Å². The Balaban J connectivity index is 0.000000690. The van der Waals surface area contributed by atoms with Gasteiger partial charge in [-0.1, -0.05) is 46.0 Å². The molecular weight excluding hydrogens is 286 g/mol. The highest BCUT2D eigenvalue weighted by Gasteiger charge is 2.19. The molecule has 0 aromatic heterocycles. The zero-order valence-corrected chi connectivity index (χ0v) is 14.9. The maximum Gasteiger partial charge on any atom is 0.152 e. The summed E-state index contributed by atoms with van der Waals surface area (Å²) in [6, 6.07) is 0. The molecule has 0 radical (unpaired) electrons. The highest BCUT2D eigenvalue weighted by atomic mass is 32.2. The molecule has 1 aliphatic rings. The number of rotatable bonds is 9. The van der Waals surface area contributed by atoms with E-state index in [2.05, 4.69) is 18.4 Å². The van der Waals surface area contributed by atoms with Crippen LogP contribution in [0, 0.1) is 0 Å². The smallest absolute Gasteiger partial charge is 0.152 e. The summed E-state index contributed by atoms with van der Waals surface area (Å²) >= 11 is 0. The molecule has 0 fully saturated rings. The Kier molecular flexibility index (Phi) is 11.9. The highest BCUT2D eigenvalue weighted by molar-refractivity contribution is 7.84. The van der Waals surface area contributed by atoms with Crippen LogP contribution in [0.1, 0.15) is 78.1 Å². The third kappa shape index (κ3) is 14.3. The van der Waals surface area contributed by atoms with E-state index in [1.165, 1.54) is 77.3 Å². The molecule has 0 amide bonds. The fourth-order valence-corrected chi connectivity index (χ4v) is 2.72. The van der Waals surface area contributed by atoms with Gasteiger partial charge in [0, 0.05) is 31.9 Å².